The molecule has 1 N–H and O–H groups in total. The second-order valence-electron chi connectivity index (χ2n) is 8.91. The Kier molecular flexibility index (Phi) is 25.6. The van der Waals surface area contributed by atoms with E-state index in [1.54, 1.807) is 0 Å². The van der Waals surface area contributed by atoms with Crippen molar-refractivity contribution in [3.63, 3.8) is 0 Å². The van der Waals surface area contributed by atoms with E-state index in [0.717, 1.165) is 13.0 Å². The van der Waals surface area contributed by atoms with Gasteiger partial charge in [0.15, 0.2) is 0 Å². The monoisotopic (exact) mass is 509 g/mol. The van der Waals surface area contributed by atoms with Crippen LogP contribution in [-0.2, 0) is 42.7 Å². The Morgan fingerprint density at radius 3 is 1.09 bits per heavy atom. The van der Waals surface area contributed by atoms with Crippen LogP contribution >= 0.6 is 0 Å². The van der Waals surface area contributed by atoms with Crippen molar-refractivity contribution in [3.8, 4) is 0 Å². The zero-order valence-electron chi connectivity index (χ0n) is 22.6. The molecule has 0 rings (SSSR count). The fourth-order valence-corrected chi connectivity index (χ4v) is 2.47. The van der Waals surface area contributed by atoms with Crippen LogP contribution in [0.25, 0.3) is 0 Å². The van der Waals surface area contributed by atoms with Gasteiger partial charge in [-0.3, -0.25) is 4.79 Å². The molecule has 10 nitrogen and oxygen atoms in total. The van der Waals surface area contributed by atoms with Crippen LogP contribution in [0.15, 0.2) is 0 Å². The summed E-state index contributed by atoms with van der Waals surface area (Å²) in [6.45, 7) is 17.7. The normalized spacial score (nSPS) is 11.8. The summed E-state index contributed by atoms with van der Waals surface area (Å²) in [6.07, 6.45) is 1.42. The summed E-state index contributed by atoms with van der Waals surface area (Å²) in [5, 5.41) is 2.72. The topological polar surface area (TPSA) is 103 Å². The molecule has 0 radical (unpaired) electrons. The van der Waals surface area contributed by atoms with E-state index in [0.29, 0.717) is 117 Å². The zero-order valence-corrected chi connectivity index (χ0v) is 22.6. The number of rotatable bonds is 27. The molecular formula is C25H51NO9. The van der Waals surface area contributed by atoms with E-state index in [9.17, 15) is 4.79 Å². The molecular weight excluding hydrogens is 458 g/mol. The van der Waals surface area contributed by atoms with Gasteiger partial charge in [0.2, 0.25) is 5.91 Å². The molecule has 0 atom stereocenters. The Labute approximate surface area is 212 Å². The molecule has 0 saturated heterocycles. The second-order valence-corrected chi connectivity index (χ2v) is 8.91. The highest BCUT2D eigenvalue weighted by molar-refractivity contribution is 5.75. The second kappa shape index (κ2) is 26.2. The van der Waals surface area contributed by atoms with Crippen molar-refractivity contribution in [2.45, 2.75) is 40.5 Å². The molecule has 0 spiro atoms. The van der Waals surface area contributed by atoms with Crippen LogP contribution in [0.1, 0.15) is 40.5 Å². The first-order valence-electron chi connectivity index (χ1n) is 12.8. The Morgan fingerprint density at radius 1 is 0.514 bits per heavy atom. The molecule has 0 aliphatic rings. The molecule has 0 fully saturated rings. The number of ether oxygens (including phenoxy) is 8. The largest absolute Gasteiger partial charge is 0.379 e. The van der Waals surface area contributed by atoms with Gasteiger partial charge in [-0.2, -0.15) is 0 Å². The van der Waals surface area contributed by atoms with E-state index in [4.69, 9.17) is 37.9 Å². The molecule has 0 aromatic carbocycles. The third kappa shape index (κ3) is 31.1. The standard InChI is InChI=1S/C25H51NO9/c1-5-26-24(27)6-8-28-10-12-30-14-16-32-18-20-34-22-23-35-21-19-33-17-15-31-13-11-29-9-7-25(2,3)4/h5-23H2,1-4H3,(H,26,27). The van der Waals surface area contributed by atoms with Crippen LogP contribution in [0.3, 0.4) is 0 Å². The van der Waals surface area contributed by atoms with Gasteiger partial charge in [0.05, 0.1) is 99.1 Å². The van der Waals surface area contributed by atoms with E-state index in [1.807, 2.05) is 6.92 Å². The summed E-state index contributed by atoms with van der Waals surface area (Å²) in [5.74, 6) is 0.00512. The molecule has 0 heterocycles. The Hall–Kier alpha value is -0.850. The minimum atomic E-state index is 0.00512. The first-order chi connectivity index (χ1) is 17.0. The number of nitrogens with one attached hydrogen (secondary N) is 1. The molecule has 0 bridgehead atoms. The number of hydrogen-bond acceptors (Lipinski definition) is 9. The lowest BCUT2D eigenvalue weighted by atomic mass is 9.93. The summed E-state index contributed by atoms with van der Waals surface area (Å²) in [7, 11) is 0. The van der Waals surface area contributed by atoms with E-state index in [2.05, 4.69) is 26.1 Å². The first-order valence-corrected chi connectivity index (χ1v) is 12.8. The van der Waals surface area contributed by atoms with Crippen LogP contribution in [0, 0.1) is 5.41 Å². The van der Waals surface area contributed by atoms with E-state index in [-0.39, 0.29) is 5.91 Å². The van der Waals surface area contributed by atoms with Gasteiger partial charge >= 0.3 is 0 Å². The lowest BCUT2D eigenvalue weighted by Crippen LogP contribution is -2.24. The van der Waals surface area contributed by atoms with Crippen LogP contribution in [0.4, 0.5) is 0 Å². The summed E-state index contributed by atoms with van der Waals surface area (Å²) in [5.41, 5.74) is 0.307. The molecule has 35 heavy (non-hydrogen) atoms. The average molecular weight is 510 g/mol. The third-order valence-corrected chi connectivity index (χ3v) is 4.45. The highest BCUT2D eigenvalue weighted by Crippen LogP contribution is 2.17. The van der Waals surface area contributed by atoms with Gasteiger partial charge in [-0.05, 0) is 18.8 Å². The quantitative estimate of drug-likeness (QED) is 0.167. The molecule has 0 aromatic heterocycles. The van der Waals surface area contributed by atoms with E-state index < -0.39 is 0 Å². The van der Waals surface area contributed by atoms with Gasteiger partial charge in [-0.1, -0.05) is 20.8 Å². The zero-order chi connectivity index (χ0) is 25.9. The summed E-state index contributed by atoms with van der Waals surface area (Å²) in [4.78, 5) is 11.2. The van der Waals surface area contributed by atoms with Gasteiger partial charge in [-0.25, -0.2) is 0 Å². The summed E-state index contributed by atoms with van der Waals surface area (Å²) >= 11 is 0. The predicted molar refractivity (Wildman–Crippen MR) is 134 cm³/mol. The number of amides is 1. The number of hydrogen-bond donors (Lipinski definition) is 1. The highest BCUT2D eigenvalue weighted by Gasteiger charge is 2.08. The molecule has 10 heteroatoms. The van der Waals surface area contributed by atoms with Crippen molar-refractivity contribution < 1.29 is 42.7 Å². The van der Waals surface area contributed by atoms with Gasteiger partial charge in [0.1, 0.15) is 0 Å². The Balaban J connectivity index is 3.07. The molecule has 0 aromatic rings. The minimum absolute atomic E-state index is 0.00512. The van der Waals surface area contributed by atoms with Crippen molar-refractivity contribution in [3.05, 3.63) is 0 Å². The van der Waals surface area contributed by atoms with Gasteiger partial charge in [0, 0.05) is 19.6 Å². The first kappa shape index (κ1) is 34.1. The minimum Gasteiger partial charge on any atom is -0.379 e. The van der Waals surface area contributed by atoms with Gasteiger partial charge < -0.3 is 43.2 Å². The predicted octanol–water partition coefficient (Wildman–Crippen LogP) is 2.08. The van der Waals surface area contributed by atoms with Crippen LogP contribution in [0.2, 0.25) is 0 Å². The maximum atomic E-state index is 11.2. The number of carbonyl (C=O) groups excluding carboxylic acids is 1. The van der Waals surface area contributed by atoms with Gasteiger partial charge in [0.25, 0.3) is 0 Å². The smallest absolute Gasteiger partial charge is 0.222 e. The Bertz CT molecular complexity index is 447. The molecule has 0 saturated carbocycles. The van der Waals surface area contributed by atoms with Crippen molar-refractivity contribution in [1.82, 2.24) is 5.32 Å². The van der Waals surface area contributed by atoms with E-state index >= 15 is 0 Å². The molecule has 0 aliphatic heterocycles. The van der Waals surface area contributed by atoms with Crippen LogP contribution in [0.5, 0.6) is 0 Å². The maximum Gasteiger partial charge on any atom is 0.222 e. The van der Waals surface area contributed by atoms with Crippen LogP contribution < -0.4 is 5.32 Å². The molecule has 0 aliphatic carbocycles. The van der Waals surface area contributed by atoms with E-state index in [1.165, 1.54) is 0 Å². The summed E-state index contributed by atoms with van der Waals surface area (Å²) in [6, 6.07) is 0. The molecule has 1 amide bonds. The Morgan fingerprint density at radius 2 is 0.800 bits per heavy atom. The van der Waals surface area contributed by atoms with Crippen molar-refractivity contribution >= 4 is 5.91 Å². The fraction of sp³-hybridized carbons (Fsp3) is 0.960. The lowest BCUT2D eigenvalue weighted by Gasteiger charge is -2.17. The fourth-order valence-electron chi connectivity index (χ4n) is 2.47. The third-order valence-electron chi connectivity index (χ3n) is 4.45. The van der Waals surface area contributed by atoms with Crippen molar-refractivity contribution in [2.24, 2.45) is 5.41 Å². The maximum absolute atomic E-state index is 11.2. The van der Waals surface area contributed by atoms with Crippen LogP contribution in [-0.4, -0.2) is 118 Å². The van der Waals surface area contributed by atoms with Crippen molar-refractivity contribution in [2.75, 3.05) is 112 Å². The van der Waals surface area contributed by atoms with Gasteiger partial charge in [-0.15, -0.1) is 0 Å². The SMILES string of the molecule is CCNC(=O)CCOCCOCCOCCOCCOCCOCCOCCOCCC(C)(C)C. The molecule has 210 valence electrons. The lowest BCUT2D eigenvalue weighted by molar-refractivity contribution is -0.122. The highest BCUT2D eigenvalue weighted by atomic mass is 16.6. The number of carbonyl (C=O) groups is 1. The summed E-state index contributed by atoms with van der Waals surface area (Å²) < 4.78 is 43.5. The molecule has 0 unspecified atom stereocenters. The average Bonchev–Trinajstić information content (AvgIpc) is 2.80. The van der Waals surface area contributed by atoms with Crippen molar-refractivity contribution in [1.29, 1.82) is 0 Å².